The van der Waals surface area contributed by atoms with Crippen LogP contribution in [0, 0.1) is 0 Å². The first-order chi connectivity index (χ1) is 6.40. The van der Waals surface area contributed by atoms with Gasteiger partial charge in [0.05, 0.1) is 0 Å². The number of alkyl halides is 1. The van der Waals surface area contributed by atoms with Crippen molar-refractivity contribution in [3.05, 3.63) is 0 Å². The van der Waals surface area contributed by atoms with Gasteiger partial charge in [0, 0.05) is 6.54 Å². The number of ether oxygens (including phenoxy) is 1. The van der Waals surface area contributed by atoms with E-state index in [1.807, 2.05) is 20.8 Å². The first-order valence-electron chi connectivity index (χ1n) is 5.04. The molecule has 1 amide bonds. The first-order valence-corrected chi connectivity index (χ1v) is 5.47. The molecule has 0 saturated carbocycles. The molecule has 1 aliphatic heterocycles. The zero-order valence-corrected chi connectivity index (χ0v) is 9.80. The minimum atomic E-state index is -0.439. The van der Waals surface area contributed by atoms with Crippen molar-refractivity contribution >= 4 is 17.7 Å². The lowest BCUT2D eigenvalue weighted by molar-refractivity contribution is 0.0180. The number of halogens is 1. The summed E-state index contributed by atoms with van der Waals surface area (Å²) in [5.74, 6) is 0. The summed E-state index contributed by atoms with van der Waals surface area (Å²) in [6, 6.07) is 0. The largest absolute Gasteiger partial charge is 0.444 e. The van der Waals surface area contributed by atoms with Crippen molar-refractivity contribution in [2.45, 2.75) is 51.1 Å². The molecule has 82 valence electrons. The highest BCUT2D eigenvalue weighted by atomic mass is 35.5. The third kappa shape index (κ3) is 3.37. The van der Waals surface area contributed by atoms with Gasteiger partial charge in [-0.3, -0.25) is 4.90 Å². The van der Waals surface area contributed by atoms with Crippen LogP contribution in [0.3, 0.4) is 0 Å². The van der Waals surface area contributed by atoms with E-state index in [4.69, 9.17) is 16.3 Å². The van der Waals surface area contributed by atoms with Crippen molar-refractivity contribution in [2.75, 3.05) is 6.54 Å². The van der Waals surface area contributed by atoms with E-state index in [1.165, 1.54) is 0 Å². The summed E-state index contributed by atoms with van der Waals surface area (Å²) in [5, 5.41) is 0. The van der Waals surface area contributed by atoms with E-state index in [-0.39, 0.29) is 11.6 Å². The molecule has 0 aliphatic carbocycles. The van der Waals surface area contributed by atoms with E-state index < -0.39 is 5.60 Å². The Morgan fingerprint density at radius 1 is 1.43 bits per heavy atom. The second-order valence-electron chi connectivity index (χ2n) is 4.60. The fourth-order valence-electron chi connectivity index (χ4n) is 1.42. The Balaban J connectivity index is 2.50. The third-order valence-corrected chi connectivity index (χ3v) is 2.51. The van der Waals surface area contributed by atoms with Crippen LogP contribution in [0.5, 0.6) is 0 Å². The highest BCUT2D eigenvalue weighted by Crippen LogP contribution is 2.22. The summed E-state index contributed by atoms with van der Waals surface area (Å²) < 4.78 is 5.25. The second-order valence-corrected chi connectivity index (χ2v) is 5.11. The van der Waals surface area contributed by atoms with Gasteiger partial charge < -0.3 is 4.74 Å². The van der Waals surface area contributed by atoms with E-state index in [2.05, 4.69) is 0 Å². The number of nitrogens with zero attached hydrogens (tertiary/aromatic N) is 1. The topological polar surface area (TPSA) is 29.5 Å². The van der Waals surface area contributed by atoms with Crippen LogP contribution in [0.25, 0.3) is 0 Å². The van der Waals surface area contributed by atoms with Crippen molar-refractivity contribution in [1.82, 2.24) is 4.90 Å². The zero-order valence-electron chi connectivity index (χ0n) is 9.05. The Morgan fingerprint density at radius 3 is 2.57 bits per heavy atom. The Labute approximate surface area is 90.4 Å². The van der Waals surface area contributed by atoms with Crippen LogP contribution in [0.4, 0.5) is 4.79 Å². The standard InChI is InChI=1S/C10H18ClNO2/c1-10(2,3)14-9(13)12-7-5-4-6-8(12)11/h8H,4-7H2,1-3H3. The maximum atomic E-state index is 11.6. The smallest absolute Gasteiger partial charge is 0.411 e. The minimum Gasteiger partial charge on any atom is -0.444 e. The highest BCUT2D eigenvalue weighted by Gasteiger charge is 2.28. The van der Waals surface area contributed by atoms with Crippen LogP contribution < -0.4 is 0 Å². The molecule has 0 spiro atoms. The van der Waals surface area contributed by atoms with Crippen molar-refractivity contribution < 1.29 is 9.53 Å². The zero-order chi connectivity index (χ0) is 10.8. The molecule has 0 aromatic heterocycles. The number of hydrogen-bond acceptors (Lipinski definition) is 2. The average molecular weight is 220 g/mol. The Hall–Kier alpha value is -0.440. The van der Waals surface area contributed by atoms with Gasteiger partial charge in [-0.1, -0.05) is 11.6 Å². The first kappa shape index (κ1) is 11.6. The van der Waals surface area contributed by atoms with Gasteiger partial charge in [-0.15, -0.1) is 0 Å². The lowest BCUT2D eigenvalue weighted by Crippen LogP contribution is -2.43. The van der Waals surface area contributed by atoms with Crippen LogP contribution in [0.2, 0.25) is 0 Å². The molecular weight excluding hydrogens is 202 g/mol. The van der Waals surface area contributed by atoms with Crippen LogP contribution in [0.15, 0.2) is 0 Å². The SMILES string of the molecule is CC(C)(C)OC(=O)N1CCCCC1Cl. The van der Waals surface area contributed by atoms with E-state index in [0.29, 0.717) is 6.54 Å². The molecular formula is C10H18ClNO2. The summed E-state index contributed by atoms with van der Waals surface area (Å²) in [6.07, 6.45) is 2.67. The summed E-state index contributed by atoms with van der Waals surface area (Å²) >= 11 is 6.03. The van der Waals surface area contributed by atoms with Crippen LogP contribution in [-0.2, 0) is 4.74 Å². The van der Waals surface area contributed by atoms with Gasteiger partial charge >= 0.3 is 6.09 Å². The fraction of sp³-hybridized carbons (Fsp3) is 0.900. The molecule has 1 aliphatic rings. The molecule has 1 atom stereocenters. The molecule has 3 nitrogen and oxygen atoms in total. The summed E-state index contributed by atoms with van der Waals surface area (Å²) in [6.45, 7) is 6.29. The molecule has 14 heavy (non-hydrogen) atoms. The van der Waals surface area contributed by atoms with Crippen molar-refractivity contribution in [1.29, 1.82) is 0 Å². The van der Waals surface area contributed by atoms with Gasteiger partial charge in [0.1, 0.15) is 11.1 Å². The molecule has 1 unspecified atom stereocenters. The molecule has 1 rings (SSSR count). The summed E-state index contributed by atoms with van der Waals surface area (Å²) in [5.41, 5.74) is -0.635. The maximum absolute atomic E-state index is 11.6. The Bertz CT molecular complexity index is 213. The number of amides is 1. The number of piperidine rings is 1. The maximum Gasteiger partial charge on any atom is 0.411 e. The Morgan fingerprint density at radius 2 is 2.07 bits per heavy atom. The highest BCUT2D eigenvalue weighted by molar-refractivity contribution is 6.21. The van der Waals surface area contributed by atoms with Gasteiger partial charge in [0.25, 0.3) is 0 Å². The van der Waals surface area contributed by atoms with Crippen molar-refractivity contribution in [2.24, 2.45) is 0 Å². The van der Waals surface area contributed by atoms with E-state index in [1.54, 1.807) is 4.90 Å². The van der Waals surface area contributed by atoms with E-state index >= 15 is 0 Å². The molecule has 1 fully saturated rings. The molecule has 0 N–H and O–H groups in total. The van der Waals surface area contributed by atoms with Crippen molar-refractivity contribution in [3.8, 4) is 0 Å². The van der Waals surface area contributed by atoms with Gasteiger partial charge in [-0.05, 0) is 40.0 Å². The molecule has 0 aromatic rings. The van der Waals surface area contributed by atoms with Crippen molar-refractivity contribution in [3.63, 3.8) is 0 Å². The molecule has 4 heteroatoms. The molecule has 0 radical (unpaired) electrons. The average Bonchev–Trinajstić information content (AvgIpc) is 2.01. The summed E-state index contributed by atoms with van der Waals surface area (Å²) in [4.78, 5) is 13.3. The lowest BCUT2D eigenvalue weighted by Gasteiger charge is -2.33. The van der Waals surface area contributed by atoms with Crippen LogP contribution in [0.1, 0.15) is 40.0 Å². The number of carbonyl (C=O) groups excluding carboxylic acids is 1. The molecule has 1 heterocycles. The molecule has 1 saturated heterocycles. The number of carbonyl (C=O) groups is 1. The van der Waals surface area contributed by atoms with Gasteiger partial charge in [-0.25, -0.2) is 4.79 Å². The molecule has 0 bridgehead atoms. The number of rotatable bonds is 0. The quantitative estimate of drug-likeness (QED) is 0.463. The summed E-state index contributed by atoms with van der Waals surface area (Å²) in [7, 11) is 0. The lowest BCUT2D eigenvalue weighted by atomic mass is 10.1. The van der Waals surface area contributed by atoms with Gasteiger partial charge in [-0.2, -0.15) is 0 Å². The van der Waals surface area contributed by atoms with E-state index in [0.717, 1.165) is 19.3 Å². The number of hydrogen-bond donors (Lipinski definition) is 0. The Kier molecular flexibility index (Phi) is 3.65. The van der Waals surface area contributed by atoms with Crippen LogP contribution >= 0.6 is 11.6 Å². The minimum absolute atomic E-state index is 0.196. The van der Waals surface area contributed by atoms with Crippen LogP contribution in [-0.4, -0.2) is 28.6 Å². The predicted molar refractivity (Wildman–Crippen MR) is 56.4 cm³/mol. The van der Waals surface area contributed by atoms with E-state index in [9.17, 15) is 4.79 Å². The van der Waals surface area contributed by atoms with Gasteiger partial charge in [0.2, 0.25) is 0 Å². The monoisotopic (exact) mass is 219 g/mol. The predicted octanol–water partition coefficient (Wildman–Crippen LogP) is 2.97. The number of likely N-dealkylation sites (tertiary alicyclic amines) is 1. The van der Waals surface area contributed by atoms with Gasteiger partial charge in [0.15, 0.2) is 0 Å². The third-order valence-electron chi connectivity index (χ3n) is 2.06. The molecule has 0 aromatic carbocycles. The fourth-order valence-corrected chi connectivity index (χ4v) is 1.75. The normalized spacial score (nSPS) is 23.4. The second kappa shape index (κ2) is 4.39.